The number of aromatic nitrogens is 2. The predicted octanol–water partition coefficient (Wildman–Crippen LogP) is 6.38. The molecule has 3 aromatic heterocycles. The van der Waals surface area contributed by atoms with Crippen molar-refractivity contribution in [2.24, 2.45) is 5.92 Å². The second-order valence-electron chi connectivity index (χ2n) is 12.2. The number of hydrogen-bond donors (Lipinski definition) is 3. The lowest BCUT2D eigenvalue weighted by atomic mass is 9.92. The van der Waals surface area contributed by atoms with Crippen molar-refractivity contribution < 1.29 is 19.1 Å². The SMILES string of the molecule is CCCc1cc2nc(C(=O)Nc3cnccc3N3C[C@H](C)[C@H](O[Si](C)(C)C(C)(C)C)[C@H](NC(=O)O)C3)ccc2s1. The monoisotopic (exact) mass is 583 g/mol. The van der Waals surface area contributed by atoms with Crippen LogP contribution in [0.2, 0.25) is 18.1 Å². The lowest BCUT2D eigenvalue weighted by Crippen LogP contribution is -2.62. The molecule has 1 aliphatic rings. The summed E-state index contributed by atoms with van der Waals surface area (Å²) in [6.45, 7) is 16.2. The lowest BCUT2D eigenvalue weighted by Gasteiger charge is -2.48. The van der Waals surface area contributed by atoms with Gasteiger partial charge in [0.15, 0.2) is 8.32 Å². The van der Waals surface area contributed by atoms with Crippen LogP contribution < -0.4 is 15.5 Å². The standard InChI is InChI=1S/C29H41N5O4SSi/c1-8-9-19-14-21-25(39-19)11-10-20(31-21)27(35)32-22-15-30-13-12-24(22)34-16-18(2)26(23(17-34)33-28(36)37)38-40(6,7)29(3,4)5/h10-15,18,23,26,33H,8-9,16-17H2,1-7H3,(H,32,35)(H,36,37)/t18-,23+,26-/m0/s1. The van der Waals surface area contributed by atoms with Gasteiger partial charge in [0.05, 0.1) is 39.9 Å². The fourth-order valence-corrected chi connectivity index (χ4v) is 7.41. The topological polar surface area (TPSA) is 117 Å². The van der Waals surface area contributed by atoms with Crippen molar-refractivity contribution in [3.05, 3.63) is 47.2 Å². The van der Waals surface area contributed by atoms with Gasteiger partial charge in [0, 0.05) is 30.1 Å². The number of carbonyl (C=O) groups excluding carboxylic acids is 1. The summed E-state index contributed by atoms with van der Waals surface area (Å²) in [7, 11) is -2.15. The molecule has 0 saturated carbocycles. The zero-order valence-electron chi connectivity index (χ0n) is 24.4. The zero-order valence-corrected chi connectivity index (χ0v) is 26.3. The second-order valence-corrected chi connectivity index (χ2v) is 18.1. The number of aryl methyl sites for hydroxylation is 1. The van der Waals surface area contributed by atoms with Crippen LogP contribution in [0.4, 0.5) is 16.2 Å². The minimum Gasteiger partial charge on any atom is -0.465 e. The Morgan fingerprint density at radius 3 is 2.65 bits per heavy atom. The highest BCUT2D eigenvalue weighted by Crippen LogP contribution is 2.40. The third kappa shape index (κ3) is 6.64. The summed E-state index contributed by atoms with van der Waals surface area (Å²) in [5.74, 6) is -0.278. The van der Waals surface area contributed by atoms with Gasteiger partial charge in [-0.25, -0.2) is 9.78 Å². The number of fused-ring (bicyclic) bond motifs is 1. The molecule has 0 aromatic carbocycles. The molecule has 1 saturated heterocycles. The van der Waals surface area contributed by atoms with Gasteiger partial charge >= 0.3 is 6.09 Å². The van der Waals surface area contributed by atoms with Crippen LogP contribution in [0, 0.1) is 5.92 Å². The molecule has 1 aliphatic heterocycles. The number of pyridine rings is 2. The van der Waals surface area contributed by atoms with Crippen LogP contribution in [0.5, 0.6) is 0 Å². The summed E-state index contributed by atoms with van der Waals surface area (Å²) in [6, 6.07) is 7.16. The van der Waals surface area contributed by atoms with Crippen LogP contribution in [-0.4, -0.2) is 60.6 Å². The molecule has 216 valence electrons. The average Bonchev–Trinajstić information content (AvgIpc) is 3.27. The number of rotatable bonds is 8. The van der Waals surface area contributed by atoms with Crippen molar-refractivity contribution >= 4 is 53.2 Å². The first-order chi connectivity index (χ1) is 18.8. The van der Waals surface area contributed by atoms with Crippen molar-refractivity contribution in [2.45, 2.75) is 77.7 Å². The number of amides is 2. The summed E-state index contributed by atoms with van der Waals surface area (Å²) in [4.78, 5) is 37.3. The minimum absolute atomic E-state index is 0.00216. The van der Waals surface area contributed by atoms with Crippen LogP contribution in [-0.2, 0) is 10.8 Å². The maximum atomic E-state index is 13.3. The Morgan fingerprint density at radius 2 is 1.98 bits per heavy atom. The quantitative estimate of drug-likeness (QED) is 0.264. The van der Waals surface area contributed by atoms with E-state index in [0.717, 1.165) is 28.7 Å². The molecule has 0 aliphatic carbocycles. The summed E-state index contributed by atoms with van der Waals surface area (Å²) in [5.41, 5.74) is 2.49. The van der Waals surface area contributed by atoms with E-state index in [2.05, 4.69) is 79.3 Å². The Kier molecular flexibility index (Phi) is 8.86. The van der Waals surface area contributed by atoms with Crippen LogP contribution in [0.1, 0.15) is 56.4 Å². The zero-order chi connectivity index (χ0) is 29.2. The molecule has 0 bridgehead atoms. The average molecular weight is 584 g/mol. The van der Waals surface area contributed by atoms with Crippen LogP contribution in [0.25, 0.3) is 10.2 Å². The molecular formula is C29H41N5O4SSi. The van der Waals surface area contributed by atoms with Gasteiger partial charge in [0.1, 0.15) is 5.69 Å². The number of carbonyl (C=O) groups is 2. The second kappa shape index (κ2) is 11.8. The summed E-state index contributed by atoms with van der Waals surface area (Å²) >= 11 is 1.71. The molecule has 0 radical (unpaired) electrons. The third-order valence-electron chi connectivity index (χ3n) is 7.97. The Morgan fingerprint density at radius 1 is 1.23 bits per heavy atom. The van der Waals surface area contributed by atoms with Crippen LogP contribution in [0.15, 0.2) is 36.7 Å². The van der Waals surface area contributed by atoms with Crippen molar-refractivity contribution in [1.29, 1.82) is 0 Å². The number of anilines is 2. The number of thiophene rings is 1. The summed E-state index contributed by atoms with van der Waals surface area (Å²) < 4.78 is 7.82. The predicted molar refractivity (Wildman–Crippen MR) is 164 cm³/mol. The smallest absolute Gasteiger partial charge is 0.405 e. The number of hydrogen-bond acceptors (Lipinski definition) is 7. The third-order valence-corrected chi connectivity index (χ3v) is 13.6. The maximum absolute atomic E-state index is 13.3. The molecule has 1 fully saturated rings. The van der Waals surface area contributed by atoms with Gasteiger partial charge < -0.3 is 25.1 Å². The van der Waals surface area contributed by atoms with Crippen LogP contribution in [0.3, 0.4) is 0 Å². The minimum atomic E-state index is -2.15. The maximum Gasteiger partial charge on any atom is 0.405 e. The first kappa shape index (κ1) is 29.9. The molecular weight excluding hydrogens is 543 g/mol. The Hall–Kier alpha value is -3.02. The van der Waals surface area contributed by atoms with Gasteiger partial charge in [-0.3, -0.25) is 9.78 Å². The first-order valence-corrected chi connectivity index (χ1v) is 17.6. The highest BCUT2D eigenvalue weighted by Gasteiger charge is 2.45. The molecule has 3 atom stereocenters. The number of nitrogens with one attached hydrogen (secondary N) is 2. The largest absolute Gasteiger partial charge is 0.465 e. The molecule has 3 aromatic rings. The summed E-state index contributed by atoms with van der Waals surface area (Å²) in [5, 5.41) is 15.3. The molecule has 0 spiro atoms. The van der Waals surface area contributed by atoms with E-state index in [1.807, 2.05) is 12.1 Å². The van der Waals surface area contributed by atoms with Crippen molar-refractivity contribution in [3.8, 4) is 0 Å². The summed E-state index contributed by atoms with van der Waals surface area (Å²) in [6.07, 6.45) is 4.02. The fraction of sp³-hybridized carbons (Fsp3) is 0.517. The number of piperidine rings is 1. The van der Waals surface area contributed by atoms with E-state index < -0.39 is 20.5 Å². The molecule has 0 unspecified atom stereocenters. The molecule has 11 heteroatoms. The Labute approximate surface area is 241 Å². The number of nitrogens with zero attached hydrogens (tertiary/aromatic N) is 3. The van der Waals surface area contributed by atoms with Crippen LogP contribution >= 0.6 is 11.3 Å². The van der Waals surface area contributed by atoms with E-state index in [4.69, 9.17) is 4.43 Å². The van der Waals surface area contributed by atoms with E-state index in [9.17, 15) is 14.7 Å². The molecule has 40 heavy (non-hydrogen) atoms. The van der Waals surface area contributed by atoms with E-state index in [1.165, 1.54) is 4.88 Å². The van der Waals surface area contributed by atoms with E-state index in [0.29, 0.717) is 24.5 Å². The van der Waals surface area contributed by atoms with Crippen molar-refractivity contribution in [1.82, 2.24) is 15.3 Å². The fourth-order valence-electron chi connectivity index (χ4n) is 4.88. The van der Waals surface area contributed by atoms with E-state index in [-0.39, 0.29) is 23.0 Å². The van der Waals surface area contributed by atoms with Gasteiger partial charge in [0.25, 0.3) is 5.91 Å². The molecule has 9 nitrogen and oxygen atoms in total. The molecule has 2 amide bonds. The molecule has 3 N–H and O–H groups in total. The van der Waals surface area contributed by atoms with E-state index in [1.54, 1.807) is 29.8 Å². The number of carboxylic acid groups (broad SMARTS) is 1. The van der Waals surface area contributed by atoms with Gasteiger partial charge in [-0.05, 0) is 48.8 Å². The van der Waals surface area contributed by atoms with E-state index >= 15 is 0 Å². The first-order valence-electron chi connectivity index (χ1n) is 13.9. The Bertz CT molecular complexity index is 1370. The van der Waals surface area contributed by atoms with Gasteiger partial charge in [-0.15, -0.1) is 11.3 Å². The molecule has 4 heterocycles. The molecule has 4 rings (SSSR count). The highest BCUT2D eigenvalue weighted by atomic mass is 32.1. The van der Waals surface area contributed by atoms with Crippen molar-refractivity contribution in [3.63, 3.8) is 0 Å². The van der Waals surface area contributed by atoms with Gasteiger partial charge in [0.2, 0.25) is 0 Å². The van der Waals surface area contributed by atoms with Gasteiger partial charge in [-0.1, -0.05) is 41.0 Å². The van der Waals surface area contributed by atoms with Gasteiger partial charge in [-0.2, -0.15) is 0 Å². The highest BCUT2D eigenvalue weighted by molar-refractivity contribution is 7.19. The lowest BCUT2D eigenvalue weighted by molar-refractivity contribution is 0.0722. The Balaban J connectivity index is 1.56. The van der Waals surface area contributed by atoms with Crippen molar-refractivity contribution in [2.75, 3.05) is 23.3 Å². The normalized spacial score (nSPS) is 20.0.